The highest BCUT2D eigenvalue weighted by atomic mass is 32.7. The molecule has 0 aliphatic carbocycles. The van der Waals surface area contributed by atoms with Crippen LogP contribution in [0.2, 0.25) is 0 Å². The van der Waals surface area contributed by atoms with Crippen LogP contribution in [0.1, 0.15) is 33.1 Å². The van der Waals surface area contributed by atoms with E-state index in [9.17, 15) is 4.79 Å². The Labute approximate surface area is 81.2 Å². The first-order chi connectivity index (χ1) is 5.66. The molecule has 0 radical (unpaired) electrons. The van der Waals surface area contributed by atoms with Crippen LogP contribution in [0.4, 0.5) is 0 Å². The van der Waals surface area contributed by atoms with Gasteiger partial charge in [-0.15, -0.1) is 0 Å². The van der Waals surface area contributed by atoms with Crippen LogP contribution in [-0.4, -0.2) is 17.6 Å². The van der Waals surface area contributed by atoms with Gasteiger partial charge in [0.25, 0.3) is 0 Å². The first-order valence-electron chi connectivity index (χ1n) is 4.62. The summed E-state index contributed by atoms with van der Waals surface area (Å²) in [5.74, 6) is 0.669. The molecule has 0 aromatic heterocycles. The van der Waals surface area contributed by atoms with Crippen LogP contribution in [0.15, 0.2) is 0 Å². The van der Waals surface area contributed by atoms with E-state index in [1.165, 1.54) is 19.0 Å². The minimum Gasteiger partial charge on any atom is -0.300 e. The Hall–Kier alpha value is 0.450. The van der Waals surface area contributed by atoms with Crippen LogP contribution in [0.5, 0.6) is 0 Å². The molecule has 1 saturated heterocycles. The van der Waals surface area contributed by atoms with Gasteiger partial charge in [0, 0.05) is 5.92 Å². The summed E-state index contributed by atoms with van der Waals surface area (Å²) in [5, 5.41) is 0. The molecule has 1 fully saturated rings. The summed E-state index contributed by atoms with van der Waals surface area (Å²) in [4.78, 5) is 11.3. The number of Topliss-reactive ketones (excluding diaryl/α,β-unsaturated/α-hetero) is 1. The van der Waals surface area contributed by atoms with Gasteiger partial charge in [-0.2, -0.15) is 12.2 Å². The standard InChI is InChI=1S/C9H17OPS/c1-3-8(7(2)10)9-5-4-6-11(9)12/h8-9,12H,3-6H2,1-2H3. The third-order valence-electron chi connectivity index (χ3n) is 2.70. The molecule has 0 spiro atoms. The van der Waals surface area contributed by atoms with Gasteiger partial charge in [-0.1, -0.05) is 6.92 Å². The van der Waals surface area contributed by atoms with E-state index >= 15 is 0 Å². The molecule has 12 heavy (non-hydrogen) atoms. The van der Waals surface area contributed by atoms with Crippen molar-refractivity contribution in [3.8, 4) is 0 Å². The maximum atomic E-state index is 11.3. The molecule has 0 bridgehead atoms. The van der Waals surface area contributed by atoms with Crippen molar-refractivity contribution in [2.24, 2.45) is 5.92 Å². The number of hydrogen-bond acceptors (Lipinski definition) is 2. The van der Waals surface area contributed by atoms with Gasteiger partial charge in [0.1, 0.15) is 5.78 Å². The zero-order chi connectivity index (χ0) is 9.14. The average Bonchev–Trinajstić information content (AvgIpc) is 2.38. The number of carbonyl (C=O) groups is 1. The van der Waals surface area contributed by atoms with E-state index in [1.54, 1.807) is 6.92 Å². The van der Waals surface area contributed by atoms with Crippen molar-refractivity contribution in [1.82, 2.24) is 0 Å². The van der Waals surface area contributed by atoms with E-state index in [1.807, 2.05) is 0 Å². The number of ketones is 1. The molecule has 1 rings (SSSR count). The fraction of sp³-hybridized carbons (Fsp3) is 0.889. The van der Waals surface area contributed by atoms with Gasteiger partial charge in [-0.3, -0.25) is 4.79 Å². The molecule has 70 valence electrons. The van der Waals surface area contributed by atoms with Crippen molar-refractivity contribution in [1.29, 1.82) is 0 Å². The van der Waals surface area contributed by atoms with Crippen molar-refractivity contribution in [3.05, 3.63) is 0 Å². The van der Waals surface area contributed by atoms with Crippen molar-refractivity contribution >= 4 is 25.2 Å². The highest BCUT2D eigenvalue weighted by Gasteiger charge is 2.32. The van der Waals surface area contributed by atoms with Gasteiger partial charge in [0.05, 0.1) is 0 Å². The third-order valence-corrected chi connectivity index (χ3v) is 6.34. The van der Waals surface area contributed by atoms with Crippen molar-refractivity contribution in [2.45, 2.75) is 38.8 Å². The number of carbonyl (C=O) groups excluding carboxylic acids is 1. The third kappa shape index (κ3) is 2.23. The molecule has 1 aliphatic heterocycles. The molecule has 0 amide bonds. The molecule has 1 heterocycles. The zero-order valence-electron chi connectivity index (χ0n) is 7.79. The van der Waals surface area contributed by atoms with E-state index in [0.29, 0.717) is 17.4 Å². The van der Waals surface area contributed by atoms with E-state index in [-0.39, 0.29) is 7.12 Å². The second-order valence-corrected chi connectivity index (χ2v) is 7.03. The van der Waals surface area contributed by atoms with Gasteiger partial charge >= 0.3 is 0 Å². The summed E-state index contributed by atoms with van der Waals surface area (Å²) in [6, 6.07) is 0. The molecule has 3 heteroatoms. The molecular formula is C9H17OPS. The Balaban J connectivity index is 2.58. The SMILES string of the molecule is CCC(C(C)=O)C1CCCP1S. The maximum Gasteiger partial charge on any atom is 0.133 e. The molecule has 0 N–H and O–H groups in total. The van der Waals surface area contributed by atoms with Gasteiger partial charge in [-0.25, -0.2) is 0 Å². The number of hydrogen-bond donors (Lipinski definition) is 1. The second-order valence-electron chi connectivity index (χ2n) is 3.50. The summed E-state index contributed by atoms with van der Waals surface area (Å²) in [6.45, 7) is 3.84. The highest BCUT2D eigenvalue weighted by Crippen LogP contribution is 2.56. The highest BCUT2D eigenvalue weighted by molar-refractivity contribution is 8.45. The number of rotatable bonds is 3. The molecule has 0 aromatic rings. The van der Waals surface area contributed by atoms with Crippen molar-refractivity contribution < 1.29 is 4.79 Å². The Morgan fingerprint density at radius 1 is 1.75 bits per heavy atom. The summed E-state index contributed by atoms with van der Waals surface area (Å²) in [6.07, 6.45) is 4.77. The van der Waals surface area contributed by atoms with Crippen molar-refractivity contribution in [3.63, 3.8) is 0 Å². The van der Waals surface area contributed by atoms with Gasteiger partial charge in [0.15, 0.2) is 0 Å². The fourth-order valence-electron chi connectivity index (χ4n) is 2.02. The summed E-state index contributed by atoms with van der Waals surface area (Å²) in [7, 11) is -0.132. The molecule has 0 saturated carbocycles. The largest absolute Gasteiger partial charge is 0.300 e. The fourth-order valence-corrected chi connectivity index (χ4v) is 5.43. The van der Waals surface area contributed by atoms with E-state index in [4.69, 9.17) is 0 Å². The predicted octanol–water partition coefficient (Wildman–Crippen LogP) is 3.09. The molecular weight excluding hydrogens is 187 g/mol. The smallest absolute Gasteiger partial charge is 0.133 e. The lowest BCUT2D eigenvalue weighted by Gasteiger charge is -2.22. The molecule has 3 atom stereocenters. The van der Waals surface area contributed by atoms with Crippen LogP contribution >= 0.6 is 19.4 Å². The molecule has 3 unspecified atom stereocenters. The summed E-state index contributed by atoms with van der Waals surface area (Å²) < 4.78 is 0. The average molecular weight is 204 g/mol. The molecule has 1 aliphatic rings. The second kappa shape index (κ2) is 4.62. The van der Waals surface area contributed by atoms with Crippen molar-refractivity contribution in [2.75, 3.05) is 6.16 Å². The molecule has 1 nitrogen and oxygen atoms in total. The Morgan fingerprint density at radius 2 is 2.42 bits per heavy atom. The van der Waals surface area contributed by atoms with Crippen LogP contribution in [0.25, 0.3) is 0 Å². The monoisotopic (exact) mass is 204 g/mol. The van der Waals surface area contributed by atoms with E-state index in [2.05, 4.69) is 19.2 Å². The predicted molar refractivity (Wildman–Crippen MR) is 58.3 cm³/mol. The normalized spacial score (nSPS) is 31.9. The lowest BCUT2D eigenvalue weighted by Crippen LogP contribution is -2.21. The van der Waals surface area contributed by atoms with E-state index in [0.717, 1.165) is 6.42 Å². The van der Waals surface area contributed by atoms with Crippen LogP contribution in [-0.2, 0) is 4.79 Å². The lowest BCUT2D eigenvalue weighted by molar-refractivity contribution is -0.120. The first kappa shape index (κ1) is 10.5. The lowest BCUT2D eigenvalue weighted by atomic mass is 9.95. The Bertz CT molecular complexity index is 172. The van der Waals surface area contributed by atoms with Crippen LogP contribution < -0.4 is 0 Å². The van der Waals surface area contributed by atoms with Crippen LogP contribution in [0.3, 0.4) is 0 Å². The molecule has 0 aromatic carbocycles. The van der Waals surface area contributed by atoms with E-state index < -0.39 is 0 Å². The van der Waals surface area contributed by atoms with Crippen LogP contribution in [0, 0.1) is 5.92 Å². The van der Waals surface area contributed by atoms with Gasteiger partial charge < -0.3 is 0 Å². The zero-order valence-corrected chi connectivity index (χ0v) is 9.57. The number of thiol groups is 1. The van der Waals surface area contributed by atoms with Gasteiger partial charge in [0.2, 0.25) is 0 Å². The quantitative estimate of drug-likeness (QED) is 0.552. The summed E-state index contributed by atoms with van der Waals surface area (Å²) >= 11 is 4.59. The van der Waals surface area contributed by atoms with Gasteiger partial charge in [-0.05, 0) is 45.1 Å². The minimum absolute atomic E-state index is 0.132. The first-order valence-corrected chi connectivity index (χ1v) is 7.37. The minimum atomic E-state index is -0.132. The Kier molecular flexibility index (Phi) is 4.05. The topological polar surface area (TPSA) is 17.1 Å². The summed E-state index contributed by atoms with van der Waals surface area (Å²) in [5.41, 5.74) is 0.617. The Morgan fingerprint density at radius 3 is 2.75 bits per heavy atom. The maximum absolute atomic E-state index is 11.3.